The number of nitrogens with one attached hydrogen (secondary N) is 1. The van der Waals surface area contributed by atoms with Crippen molar-refractivity contribution in [1.82, 2.24) is 20.1 Å². The molecule has 1 aromatic carbocycles. The van der Waals surface area contributed by atoms with Crippen molar-refractivity contribution in [1.29, 1.82) is 0 Å². The van der Waals surface area contributed by atoms with Crippen molar-refractivity contribution in [2.24, 2.45) is 5.92 Å². The molecular weight excluding hydrogens is 356 g/mol. The maximum absolute atomic E-state index is 12.5. The Kier molecular flexibility index (Phi) is 6.85. The highest BCUT2D eigenvalue weighted by Crippen LogP contribution is 2.20. The summed E-state index contributed by atoms with van der Waals surface area (Å²) in [6, 6.07) is 10.6. The van der Waals surface area contributed by atoms with Gasteiger partial charge in [-0.2, -0.15) is 0 Å². The van der Waals surface area contributed by atoms with Gasteiger partial charge in [-0.1, -0.05) is 30.3 Å². The van der Waals surface area contributed by atoms with Crippen LogP contribution in [0.1, 0.15) is 42.1 Å². The third-order valence-corrected chi connectivity index (χ3v) is 6.05. The number of aryl methyl sites for hydroxylation is 1. The number of carbonyl (C=O) groups excluding carboxylic acids is 1. The second kappa shape index (κ2) is 9.33. The first kappa shape index (κ1) is 19.8. The van der Waals surface area contributed by atoms with Gasteiger partial charge in [-0.05, 0) is 51.3 Å². The lowest BCUT2D eigenvalue weighted by Gasteiger charge is -2.34. The number of amides is 2. The predicted molar refractivity (Wildman–Crippen MR) is 111 cm³/mol. The molecule has 5 nitrogen and oxygen atoms in total. The topological polar surface area (TPSA) is 48.5 Å². The maximum atomic E-state index is 12.5. The summed E-state index contributed by atoms with van der Waals surface area (Å²) in [7, 11) is 1.89. The van der Waals surface area contributed by atoms with E-state index in [4.69, 9.17) is 0 Å². The van der Waals surface area contributed by atoms with E-state index in [9.17, 15) is 4.79 Å². The molecule has 0 radical (unpaired) electrons. The van der Waals surface area contributed by atoms with Gasteiger partial charge in [0.25, 0.3) is 0 Å². The molecule has 2 heterocycles. The molecule has 1 aliphatic rings. The molecule has 2 aromatic rings. The number of nitrogens with zero attached hydrogens (tertiary/aromatic N) is 3. The highest BCUT2D eigenvalue weighted by molar-refractivity contribution is 7.09. The van der Waals surface area contributed by atoms with Crippen molar-refractivity contribution in [3.63, 3.8) is 0 Å². The molecule has 1 atom stereocenters. The lowest BCUT2D eigenvalue weighted by molar-refractivity contribution is 0.149. The van der Waals surface area contributed by atoms with Gasteiger partial charge in [-0.3, -0.25) is 4.90 Å². The number of carbonyl (C=O) groups is 1. The number of hydrogen-bond donors (Lipinski definition) is 1. The third-order valence-electron chi connectivity index (χ3n) is 5.26. The number of aromatic nitrogens is 1. The van der Waals surface area contributed by atoms with Gasteiger partial charge in [0.1, 0.15) is 0 Å². The van der Waals surface area contributed by atoms with Crippen molar-refractivity contribution in [2.75, 3.05) is 26.7 Å². The van der Waals surface area contributed by atoms with Crippen LogP contribution in [0, 0.1) is 12.8 Å². The minimum absolute atomic E-state index is 0.0140. The molecule has 3 rings (SSSR count). The largest absolute Gasteiger partial charge is 0.330 e. The standard InChI is InChI=1S/C21H30N4OS/c1-16(20-15-27-17(2)23-20)22-21(26)24(3)13-19-9-11-25(12-10-19)14-18-7-5-4-6-8-18/h4-8,15-16,19H,9-14H2,1-3H3,(H,22,26)/t16-/m1/s1. The van der Waals surface area contributed by atoms with Crippen LogP contribution in [0.2, 0.25) is 0 Å². The number of benzene rings is 1. The van der Waals surface area contributed by atoms with Crippen LogP contribution in [0.25, 0.3) is 0 Å². The number of hydrogen-bond acceptors (Lipinski definition) is 4. The van der Waals surface area contributed by atoms with Crippen LogP contribution in [0.5, 0.6) is 0 Å². The van der Waals surface area contributed by atoms with Gasteiger partial charge in [-0.15, -0.1) is 11.3 Å². The Morgan fingerprint density at radius 1 is 1.33 bits per heavy atom. The molecule has 1 aliphatic heterocycles. The Morgan fingerprint density at radius 2 is 2.04 bits per heavy atom. The first-order valence-corrected chi connectivity index (χ1v) is 10.6. The van der Waals surface area contributed by atoms with Crippen LogP contribution in [-0.2, 0) is 6.54 Å². The molecule has 0 spiro atoms. The van der Waals surface area contributed by atoms with E-state index in [0.717, 1.165) is 49.7 Å². The first-order chi connectivity index (χ1) is 13.0. The predicted octanol–water partition coefficient (Wildman–Crippen LogP) is 4.07. The van der Waals surface area contributed by atoms with E-state index >= 15 is 0 Å². The van der Waals surface area contributed by atoms with Crippen LogP contribution in [0.3, 0.4) is 0 Å². The van der Waals surface area contributed by atoms with Gasteiger partial charge >= 0.3 is 6.03 Å². The van der Waals surface area contributed by atoms with Gasteiger partial charge in [0, 0.05) is 25.5 Å². The zero-order valence-corrected chi connectivity index (χ0v) is 17.3. The number of piperidine rings is 1. The minimum atomic E-state index is -0.0578. The fraction of sp³-hybridized carbons (Fsp3) is 0.524. The second-order valence-electron chi connectivity index (χ2n) is 7.55. The summed E-state index contributed by atoms with van der Waals surface area (Å²) in [5.41, 5.74) is 2.31. The summed E-state index contributed by atoms with van der Waals surface area (Å²) in [4.78, 5) is 21.3. The van der Waals surface area contributed by atoms with Crippen LogP contribution in [0.15, 0.2) is 35.7 Å². The summed E-state index contributed by atoms with van der Waals surface area (Å²) in [6.45, 7) is 8.01. The van der Waals surface area contributed by atoms with Crippen molar-refractivity contribution >= 4 is 17.4 Å². The Balaban J connectivity index is 1.40. The molecule has 0 unspecified atom stereocenters. The molecular formula is C21H30N4OS. The number of urea groups is 1. The van der Waals surface area contributed by atoms with Crippen LogP contribution in [0.4, 0.5) is 4.79 Å². The lowest BCUT2D eigenvalue weighted by atomic mass is 9.96. The fourth-order valence-electron chi connectivity index (χ4n) is 3.59. The normalized spacial score (nSPS) is 16.9. The average molecular weight is 387 g/mol. The van der Waals surface area contributed by atoms with Crippen molar-refractivity contribution in [2.45, 2.75) is 39.3 Å². The van der Waals surface area contributed by atoms with E-state index in [-0.39, 0.29) is 12.1 Å². The highest BCUT2D eigenvalue weighted by atomic mass is 32.1. The van der Waals surface area contributed by atoms with Crippen molar-refractivity contribution < 1.29 is 4.79 Å². The Bertz CT molecular complexity index is 725. The highest BCUT2D eigenvalue weighted by Gasteiger charge is 2.23. The average Bonchev–Trinajstić information content (AvgIpc) is 3.10. The molecule has 1 aromatic heterocycles. The van der Waals surface area contributed by atoms with Gasteiger partial charge < -0.3 is 10.2 Å². The van der Waals surface area contributed by atoms with E-state index in [2.05, 4.69) is 45.5 Å². The van der Waals surface area contributed by atoms with Crippen LogP contribution >= 0.6 is 11.3 Å². The van der Waals surface area contributed by atoms with Gasteiger partial charge in [0.15, 0.2) is 0 Å². The summed E-state index contributed by atoms with van der Waals surface area (Å²) >= 11 is 1.62. The zero-order valence-electron chi connectivity index (χ0n) is 16.5. The molecule has 146 valence electrons. The monoisotopic (exact) mass is 386 g/mol. The second-order valence-corrected chi connectivity index (χ2v) is 8.61. The van der Waals surface area contributed by atoms with E-state index < -0.39 is 0 Å². The molecule has 1 saturated heterocycles. The molecule has 0 saturated carbocycles. The van der Waals surface area contributed by atoms with Crippen LogP contribution < -0.4 is 5.32 Å². The number of thiazole rings is 1. The van der Waals surface area contributed by atoms with Crippen LogP contribution in [-0.4, -0.2) is 47.5 Å². The van der Waals surface area contributed by atoms with Gasteiger partial charge in [-0.25, -0.2) is 9.78 Å². The Labute approximate surface area is 166 Å². The summed E-state index contributed by atoms with van der Waals surface area (Å²) in [5.74, 6) is 0.574. The van der Waals surface area contributed by atoms with E-state index in [1.54, 1.807) is 11.3 Å². The fourth-order valence-corrected chi connectivity index (χ4v) is 4.29. The molecule has 1 N–H and O–H groups in total. The summed E-state index contributed by atoms with van der Waals surface area (Å²) in [5, 5.41) is 6.11. The molecule has 2 amide bonds. The number of likely N-dealkylation sites (tertiary alicyclic amines) is 1. The summed E-state index contributed by atoms with van der Waals surface area (Å²) < 4.78 is 0. The third kappa shape index (κ3) is 5.78. The minimum Gasteiger partial charge on any atom is -0.330 e. The van der Waals surface area contributed by atoms with Crippen molar-refractivity contribution in [3.05, 3.63) is 52.0 Å². The van der Waals surface area contributed by atoms with Gasteiger partial charge in [0.2, 0.25) is 0 Å². The van der Waals surface area contributed by atoms with E-state index in [0.29, 0.717) is 5.92 Å². The van der Waals surface area contributed by atoms with Gasteiger partial charge in [0.05, 0.1) is 16.7 Å². The molecule has 0 bridgehead atoms. The quantitative estimate of drug-likeness (QED) is 0.814. The first-order valence-electron chi connectivity index (χ1n) is 9.71. The molecule has 0 aliphatic carbocycles. The molecule has 6 heteroatoms. The smallest absolute Gasteiger partial charge is 0.317 e. The van der Waals surface area contributed by atoms with E-state index in [1.165, 1.54) is 5.56 Å². The zero-order chi connectivity index (χ0) is 19.2. The maximum Gasteiger partial charge on any atom is 0.317 e. The Morgan fingerprint density at radius 3 is 2.67 bits per heavy atom. The lowest BCUT2D eigenvalue weighted by Crippen LogP contribution is -2.43. The van der Waals surface area contributed by atoms with E-state index in [1.807, 2.05) is 31.2 Å². The SMILES string of the molecule is Cc1nc([C@@H](C)NC(=O)N(C)CC2CCN(Cc3ccccc3)CC2)cs1. The van der Waals surface area contributed by atoms with Crippen molar-refractivity contribution in [3.8, 4) is 0 Å². The number of rotatable bonds is 6. The molecule has 1 fully saturated rings. The molecule has 27 heavy (non-hydrogen) atoms. The Hall–Kier alpha value is -1.92. The summed E-state index contributed by atoms with van der Waals surface area (Å²) in [6.07, 6.45) is 2.29.